The highest BCUT2D eigenvalue weighted by molar-refractivity contribution is 5.80. The molecule has 0 bridgehead atoms. The Bertz CT molecular complexity index is 549. The summed E-state index contributed by atoms with van der Waals surface area (Å²) < 4.78 is 28.3. The average molecular weight is 340 g/mol. The maximum Gasteiger partial charge on any atom is 0.387 e. The van der Waals surface area contributed by atoms with E-state index in [0.29, 0.717) is 11.5 Å². The number of alkyl halides is 2. The normalized spacial score (nSPS) is 21.0. The Morgan fingerprint density at radius 2 is 2.04 bits per heavy atom. The third-order valence-electron chi connectivity index (χ3n) is 4.04. The van der Waals surface area contributed by atoms with Crippen LogP contribution in [0.1, 0.15) is 38.2 Å². The summed E-state index contributed by atoms with van der Waals surface area (Å²) in [6.45, 7) is -0.852. The first-order valence-electron chi connectivity index (χ1n) is 8.04. The van der Waals surface area contributed by atoms with Crippen molar-refractivity contribution >= 4 is 12.1 Å². The van der Waals surface area contributed by atoms with Gasteiger partial charge in [0.25, 0.3) is 5.91 Å². The summed E-state index contributed by atoms with van der Waals surface area (Å²) >= 11 is 0. The molecular formula is C17H22F2N2O3. The maximum atomic E-state index is 12.0. The third-order valence-corrected chi connectivity index (χ3v) is 4.04. The van der Waals surface area contributed by atoms with Gasteiger partial charge < -0.3 is 14.9 Å². The number of halogens is 2. The predicted octanol–water partition coefficient (Wildman–Crippen LogP) is 3.33. The maximum absolute atomic E-state index is 12.0. The van der Waals surface area contributed by atoms with E-state index in [-0.39, 0.29) is 24.3 Å². The van der Waals surface area contributed by atoms with Gasteiger partial charge >= 0.3 is 6.61 Å². The fourth-order valence-electron chi connectivity index (χ4n) is 2.71. The Labute approximate surface area is 140 Å². The van der Waals surface area contributed by atoms with Crippen molar-refractivity contribution < 1.29 is 23.1 Å². The van der Waals surface area contributed by atoms with Crippen LogP contribution >= 0.6 is 0 Å². The molecule has 0 heterocycles. The van der Waals surface area contributed by atoms with Crippen LogP contribution in [-0.2, 0) is 9.63 Å². The predicted molar refractivity (Wildman–Crippen MR) is 86.2 cm³/mol. The summed E-state index contributed by atoms with van der Waals surface area (Å²) in [6.07, 6.45) is 5.90. The summed E-state index contributed by atoms with van der Waals surface area (Å²) in [6, 6.07) is 6.15. The number of benzene rings is 1. The number of ether oxygens (including phenoxy) is 1. The Kier molecular flexibility index (Phi) is 6.96. The van der Waals surface area contributed by atoms with Gasteiger partial charge in [-0.05, 0) is 48.6 Å². The molecule has 0 spiro atoms. The first-order chi connectivity index (χ1) is 11.5. The lowest BCUT2D eigenvalue weighted by Crippen LogP contribution is -2.42. The molecule has 0 radical (unpaired) electrons. The zero-order valence-electron chi connectivity index (χ0n) is 13.6. The van der Waals surface area contributed by atoms with E-state index in [9.17, 15) is 13.6 Å². The lowest BCUT2D eigenvalue weighted by molar-refractivity contribution is -0.126. The Hall–Kier alpha value is -2.18. The number of amides is 1. The Morgan fingerprint density at radius 1 is 1.33 bits per heavy atom. The molecule has 1 N–H and O–H groups in total. The molecule has 1 aromatic rings. The summed E-state index contributed by atoms with van der Waals surface area (Å²) in [5.41, 5.74) is 0.651. The highest BCUT2D eigenvalue weighted by Crippen LogP contribution is 2.23. The van der Waals surface area contributed by atoms with E-state index in [0.717, 1.165) is 19.3 Å². The van der Waals surface area contributed by atoms with Crippen LogP contribution in [0.25, 0.3) is 0 Å². The molecule has 0 saturated heterocycles. The first-order valence-corrected chi connectivity index (χ1v) is 8.04. The number of carbonyl (C=O) groups excluding carboxylic acids is 1. The molecule has 2 atom stereocenters. The summed E-state index contributed by atoms with van der Waals surface area (Å²) in [5.74, 6) is 0.371. The van der Waals surface area contributed by atoms with E-state index in [1.54, 1.807) is 12.1 Å². The first kappa shape index (κ1) is 18.2. The molecule has 0 aromatic heterocycles. The van der Waals surface area contributed by atoms with Gasteiger partial charge in [-0.3, -0.25) is 4.79 Å². The number of rotatable bonds is 7. The smallest absolute Gasteiger partial charge is 0.387 e. The second kappa shape index (κ2) is 9.20. The molecular weight excluding hydrogens is 318 g/mol. The second-order valence-electron chi connectivity index (χ2n) is 5.89. The van der Waals surface area contributed by atoms with Gasteiger partial charge in [0.2, 0.25) is 0 Å². The minimum Gasteiger partial charge on any atom is -0.435 e. The molecule has 1 saturated carbocycles. The van der Waals surface area contributed by atoms with Crippen LogP contribution in [-0.4, -0.2) is 31.4 Å². The molecule has 1 fully saturated rings. The molecule has 1 aliphatic rings. The largest absolute Gasteiger partial charge is 0.435 e. The highest BCUT2D eigenvalue weighted by atomic mass is 19.3. The van der Waals surface area contributed by atoms with Crippen molar-refractivity contribution in [2.75, 3.05) is 6.61 Å². The van der Waals surface area contributed by atoms with E-state index < -0.39 is 6.61 Å². The Balaban J connectivity index is 1.70. The van der Waals surface area contributed by atoms with Crippen LogP contribution in [0, 0.1) is 5.92 Å². The molecule has 5 nitrogen and oxygen atoms in total. The minimum atomic E-state index is -2.85. The van der Waals surface area contributed by atoms with E-state index in [1.165, 1.54) is 24.8 Å². The van der Waals surface area contributed by atoms with Crippen LogP contribution in [0.3, 0.4) is 0 Å². The Morgan fingerprint density at radius 3 is 2.71 bits per heavy atom. The van der Waals surface area contributed by atoms with Crippen LogP contribution in [0.4, 0.5) is 8.78 Å². The van der Waals surface area contributed by atoms with Crippen molar-refractivity contribution in [1.82, 2.24) is 5.32 Å². The van der Waals surface area contributed by atoms with Crippen molar-refractivity contribution in [3.8, 4) is 5.75 Å². The van der Waals surface area contributed by atoms with Crippen molar-refractivity contribution in [3.05, 3.63) is 29.8 Å². The topological polar surface area (TPSA) is 59.9 Å². The third kappa shape index (κ3) is 6.14. The summed E-state index contributed by atoms with van der Waals surface area (Å²) in [7, 11) is 0. The van der Waals surface area contributed by atoms with Gasteiger partial charge in [0.15, 0.2) is 6.61 Å². The zero-order chi connectivity index (χ0) is 17.4. The molecule has 1 aromatic carbocycles. The fourth-order valence-corrected chi connectivity index (χ4v) is 2.71. The van der Waals surface area contributed by atoms with Crippen LogP contribution in [0.5, 0.6) is 5.75 Å². The fraction of sp³-hybridized carbons (Fsp3) is 0.529. The number of carbonyl (C=O) groups is 1. The molecule has 132 valence electrons. The standard InChI is InChI=1S/C17H22F2N2O3/c1-12-4-2-3-5-15(12)21-16(22)11-23-20-10-13-6-8-14(9-7-13)24-17(18)19/h6-10,12,15,17H,2-5,11H2,1H3,(H,21,22)/b20-10-/t12-,15-/m1/s1. The van der Waals surface area contributed by atoms with E-state index >= 15 is 0 Å². The van der Waals surface area contributed by atoms with E-state index in [2.05, 4.69) is 22.1 Å². The van der Waals surface area contributed by atoms with Gasteiger partial charge in [-0.15, -0.1) is 0 Å². The molecule has 7 heteroatoms. The van der Waals surface area contributed by atoms with Gasteiger partial charge in [-0.2, -0.15) is 8.78 Å². The highest BCUT2D eigenvalue weighted by Gasteiger charge is 2.22. The number of oxime groups is 1. The SMILES string of the molecule is C[C@@H]1CCCC[C@H]1NC(=O)CO/N=C\c1ccc(OC(F)F)cc1. The van der Waals surface area contributed by atoms with Crippen LogP contribution in [0.2, 0.25) is 0 Å². The lowest BCUT2D eigenvalue weighted by Gasteiger charge is -2.29. The molecule has 1 amide bonds. The summed E-state index contributed by atoms with van der Waals surface area (Å²) in [5, 5.41) is 6.68. The van der Waals surface area contributed by atoms with Crippen LogP contribution in [0.15, 0.2) is 29.4 Å². The van der Waals surface area contributed by atoms with Crippen molar-refractivity contribution in [2.24, 2.45) is 11.1 Å². The van der Waals surface area contributed by atoms with Crippen molar-refractivity contribution in [3.63, 3.8) is 0 Å². The van der Waals surface area contributed by atoms with Crippen molar-refractivity contribution in [2.45, 2.75) is 45.3 Å². The van der Waals surface area contributed by atoms with Gasteiger partial charge in [0, 0.05) is 6.04 Å². The lowest BCUT2D eigenvalue weighted by atomic mass is 9.86. The van der Waals surface area contributed by atoms with Gasteiger partial charge in [0.05, 0.1) is 6.21 Å². The van der Waals surface area contributed by atoms with Gasteiger partial charge in [-0.25, -0.2) is 0 Å². The van der Waals surface area contributed by atoms with Gasteiger partial charge in [-0.1, -0.05) is 24.9 Å². The van der Waals surface area contributed by atoms with Crippen LogP contribution < -0.4 is 10.1 Å². The number of hydrogen-bond donors (Lipinski definition) is 1. The zero-order valence-corrected chi connectivity index (χ0v) is 13.6. The molecule has 24 heavy (non-hydrogen) atoms. The second-order valence-corrected chi connectivity index (χ2v) is 5.89. The van der Waals surface area contributed by atoms with Crippen molar-refractivity contribution in [1.29, 1.82) is 0 Å². The quantitative estimate of drug-likeness (QED) is 0.612. The van der Waals surface area contributed by atoms with Gasteiger partial charge in [0.1, 0.15) is 5.75 Å². The monoisotopic (exact) mass is 340 g/mol. The van der Waals surface area contributed by atoms with E-state index in [4.69, 9.17) is 4.84 Å². The molecule has 0 unspecified atom stereocenters. The summed E-state index contributed by atoms with van der Waals surface area (Å²) in [4.78, 5) is 16.8. The van der Waals surface area contributed by atoms with E-state index in [1.807, 2.05) is 0 Å². The average Bonchev–Trinajstić information content (AvgIpc) is 2.55. The number of nitrogens with one attached hydrogen (secondary N) is 1. The molecule has 2 rings (SSSR count). The minimum absolute atomic E-state index is 0.0732. The number of hydrogen-bond acceptors (Lipinski definition) is 4. The number of nitrogens with zero attached hydrogens (tertiary/aromatic N) is 1. The molecule has 1 aliphatic carbocycles. The molecule has 0 aliphatic heterocycles.